The smallest absolute Gasteiger partial charge is 0.416 e. The summed E-state index contributed by atoms with van der Waals surface area (Å²) in [4.78, 5) is 38.7. The number of rotatable bonds is 7. The summed E-state index contributed by atoms with van der Waals surface area (Å²) in [5.41, 5.74) is -1.46. The topological polar surface area (TPSA) is 84.9 Å². The van der Waals surface area contributed by atoms with E-state index in [2.05, 4.69) is 0 Å². The molecule has 3 aromatic rings. The fourth-order valence-corrected chi connectivity index (χ4v) is 4.19. The predicted octanol–water partition coefficient (Wildman–Crippen LogP) is 6.80. The molecule has 40 heavy (non-hydrogen) atoms. The van der Waals surface area contributed by atoms with Crippen LogP contribution in [0, 0.1) is 5.82 Å². The number of carbonyl (C=O) groups excluding carboxylic acids is 3. The van der Waals surface area contributed by atoms with Gasteiger partial charge in [-0.05, 0) is 66.6 Å². The average molecular weight is 597 g/mol. The molecule has 7 nitrogen and oxygen atoms in total. The summed E-state index contributed by atoms with van der Waals surface area (Å²) < 4.78 is 64.3. The van der Waals surface area contributed by atoms with Gasteiger partial charge >= 0.3 is 12.2 Å². The van der Waals surface area contributed by atoms with Crippen molar-refractivity contribution in [3.05, 3.63) is 92.7 Å². The summed E-state index contributed by atoms with van der Waals surface area (Å²) in [5.74, 6) is -2.41. The molecule has 4 rings (SSSR count). The Labute approximate surface area is 234 Å². The highest BCUT2D eigenvalue weighted by Gasteiger charge is 2.39. The fraction of sp³-hybridized carbons (Fsp3) is 0.148. The summed E-state index contributed by atoms with van der Waals surface area (Å²) in [6.07, 6.45) is -3.69. The number of halogens is 6. The molecule has 1 aliphatic rings. The molecule has 1 heterocycles. The third kappa shape index (κ3) is 6.21. The summed E-state index contributed by atoms with van der Waals surface area (Å²) in [7, 11) is 0. The summed E-state index contributed by atoms with van der Waals surface area (Å²) in [5, 5.41) is 1.64. The van der Waals surface area contributed by atoms with Gasteiger partial charge in [0.05, 0.1) is 27.9 Å². The lowest BCUT2D eigenvalue weighted by Crippen LogP contribution is -2.54. The first-order chi connectivity index (χ1) is 18.9. The second kappa shape index (κ2) is 11.6. The van der Waals surface area contributed by atoms with E-state index in [4.69, 9.17) is 32.7 Å². The number of alkyl halides is 3. The van der Waals surface area contributed by atoms with Crippen LogP contribution >= 0.6 is 23.2 Å². The van der Waals surface area contributed by atoms with Crippen LogP contribution in [-0.2, 0) is 22.4 Å². The van der Waals surface area contributed by atoms with Gasteiger partial charge in [0.15, 0.2) is 11.5 Å². The van der Waals surface area contributed by atoms with Gasteiger partial charge in [-0.15, -0.1) is 0 Å². The fourth-order valence-electron chi connectivity index (χ4n) is 3.71. The van der Waals surface area contributed by atoms with E-state index in [0.717, 1.165) is 12.1 Å². The van der Waals surface area contributed by atoms with Crippen LogP contribution in [0.2, 0.25) is 10.0 Å². The Kier molecular flexibility index (Phi) is 8.36. The Bertz CT molecular complexity index is 1520. The van der Waals surface area contributed by atoms with Gasteiger partial charge < -0.3 is 9.47 Å². The molecule has 208 valence electrons. The van der Waals surface area contributed by atoms with Crippen LogP contribution in [0.1, 0.15) is 23.6 Å². The van der Waals surface area contributed by atoms with Crippen LogP contribution in [0.25, 0.3) is 6.08 Å². The highest BCUT2D eigenvalue weighted by molar-refractivity contribution is 6.42. The van der Waals surface area contributed by atoms with Crippen molar-refractivity contribution < 1.29 is 41.4 Å². The third-order valence-corrected chi connectivity index (χ3v) is 6.16. The number of hydrogen-bond acceptors (Lipinski definition) is 5. The van der Waals surface area contributed by atoms with E-state index in [0.29, 0.717) is 22.6 Å². The molecule has 13 heteroatoms. The molecule has 0 aliphatic carbocycles. The lowest BCUT2D eigenvalue weighted by molar-refractivity contribution is -0.137. The summed E-state index contributed by atoms with van der Waals surface area (Å²) in [6.45, 7) is 1.92. The third-order valence-electron chi connectivity index (χ3n) is 5.56. The molecule has 0 radical (unpaired) electrons. The van der Waals surface area contributed by atoms with E-state index in [1.54, 1.807) is 6.92 Å². The standard InChI is InChI=1S/C27H18Cl2F4N2O5/c1-2-39-22-11-15(10-20(29)23(22)40-13-14-3-6-17(30)7-4-14)9-18-24(36)34-26(38)35(25(18)37)21-12-16(27(31,32)33)5-8-19(21)28/h3-12H,2,13H2,1H3,(H,34,36,38)/b18-9-. The van der Waals surface area contributed by atoms with E-state index in [1.165, 1.54) is 36.4 Å². The van der Waals surface area contributed by atoms with Crippen LogP contribution < -0.4 is 19.7 Å². The van der Waals surface area contributed by atoms with Gasteiger partial charge in [-0.1, -0.05) is 35.3 Å². The van der Waals surface area contributed by atoms with E-state index < -0.39 is 46.7 Å². The van der Waals surface area contributed by atoms with Gasteiger partial charge in [0.25, 0.3) is 11.8 Å². The molecule has 1 saturated heterocycles. The first kappa shape index (κ1) is 28.9. The Morgan fingerprint density at radius 1 is 0.950 bits per heavy atom. The van der Waals surface area contributed by atoms with Crippen molar-refractivity contribution >= 4 is 52.8 Å². The van der Waals surface area contributed by atoms with Gasteiger partial charge in [0.1, 0.15) is 18.0 Å². The molecule has 1 aliphatic heterocycles. The SMILES string of the molecule is CCOc1cc(/C=C2/C(=O)NC(=O)N(c3cc(C(F)(F)F)ccc3Cl)C2=O)cc(Cl)c1OCc1ccc(F)cc1. The maximum Gasteiger partial charge on any atom is 0.416 e. The van der Waals surface area contributed by atoms with Crippen LogP contribution in [0.4, 0.5) is 28.0 Å². The zero-order valence-corrected chi connectivity index (χ0v) is 22.0. The van der Waals surface area contributed by atoms with E-state index >= 15 is 0 Å². The van der Waals surface area contributed by atoms with Crippen molar-refractivity contribution in [1.82, 2.24) is 5.32 Å². The van der Waals surface area contributed by atoms with Crippen LogP contribution in [0.15, 0.2) is 60.2 Å². The van der Waals surface area contributed by atoms with Crippen LogP contribution in [0.5, 0.6) is 11.5 Å². The minimum atomic E-state index is -4.78. The van der Waals surface area contributed by atoms with E-state index in [1.807, 2.05) is 5.32 Å². The lowest BCUT2D eigenvalue weighted by atomic mass is 10.1. The number of nitrogens with zero attached hydrogens (tertiary/aromatic N) is 1. The van der Waals surface area contributed by atoms with Gasteiger partial charge in [-0.25, -0.2) is 14.1 Å². The van der Waals surface area contributed by atoms with E-state index in [9.17, 15) is 31.9 Å². The Morgan fingerprint density at radius 2 is 1.65 bits per heavy atom. The zero-order chi connectivity index (χ0) is 29.2. The Hall–Kier alpha value is -4.09. The van der Waals surface area contributed by atoms with Crippen molar-refractivity contribution in [2.45, 2.75) is 19.7 Å². The molecule has 1 N–H and O–H groups in total. The number of carbonyl (C=O) groups is 3. The summed E-state index contributed by atoms with van der Waals surface area (Å²) in [6, 6.07) is 9.21. The number of hydrogen-bond donors (Lipinski definition) is 1. The maximum atomic E-state index is 13.3. The van der Waals surface area contributed by atoms with Gasteiger partial charge in [0, 0.05) is 0 Å². The van der Waals surface area contributed by atoms with E-state index in [-0.39, 0.29) is 40.3 Å². The quantitative estimate of drug-likeness (QED) is 0.184. The van der Waals surface area contributed by atoms with Gasteiger partial charge in [0.2, 0.25) is 0 Å². The molecule has 0 unspecified atom stereocenters. The molecule has 0 spiro atoms. The second-order valence-electron chi connectivity index (χ2n) is 8.30. The van der Waals surface area contributed by atoms with Crippen molar-refractivity contribution in [3.8, 4) is 11.5 Å². The first-order valence-electron chi connectivity index (χ1n) is 11.5. The predicted molar refractivity (Wildman–Crippen MR) is 139 cm³/mol. The number of anilines is 1. The average Bonchev–Trinajstić information content (AvgIpc) is 2.87. The first-order valence-corrected chi connectivity index (χ1v) is 12.3. The largest absolute Gasteiger partial charge is 0.490 e. The number of imide groups is 2. The zero-order valence-electron chi connectivity index (χ0n) is 20.4. The molecule has 0 atom stereocenters. The lowest BCUT2D eigenvalue weighted by Gasteiger charge is -2.27. The Morgan fingerprint density at radius 3 is 2.30 bits per heavy atom. The molecule has 0 aromatic heterocycles. The molecular formula is C27H18Cl2F4N2O5. The normalized spacial score (nSPS) is 14.9. The number of benzene rings is 3. The number of ether oxygens (including phenoxy) is 2. The maximum absolute atomic E-state index is 13.3. The Balaban J connectivity index is 1.69. The molecule has 3 aromatic carbocycles. The van der Waals surface area contributed by atoms with Gasteiger partial charge in [-0.3, -0.25) is 14.9 Å². The minimum Gasteiger partial charge on any atom is -0.490 e. The van der Waals surface area contributed by atoms with Crippen LogP contribution in [-0.4, -0.2) is 24.5 Å². The van der Waals surface area contributed by atoms with Crippen molar-refractivity contribution in [2.75, 3.05) is 11.5 Å². The summed E-state index contributed by atoms with van der Waals surface area (Å²) >= 11 is 12.4. The van der Waals surface area contributed by atoms with Crippen molar-refractivity contribution in [2.24, 2.45) is 0 Å². The molecule has 4 amide bonds. The number of urea groups is 1. The van der Waals surface area contributed by atoms with Crippen LogP contribution in [0.3, 0.4) is 0 Å². The van der Waals surface area contributed by atoms with Crippen molar-refractivity contribution in [3.63, 3.8) is 0 Å². The second-order valence-corrected chi connectivity index (χ2v) is 9.11. The number of barbiturate groups is 1. The van der Waals surface area contributed by atoms with Gasteiger partial charge in [-0.2, -0.15) is 13.2 Å². The molecular weight excluding hydrogens is 579 g/mol. The molecule has 1 fully saturated rings. The molecule has 0 bridgehead atoms. The highest BCUT2D eigenvalue weighted by atomic mass is 35.5. The molecule has 0 saturated carbocycles. The number of nitrogens with one attached hydrogen (secondary N) is 1. The highest BCUT2D eigenvalue weighted by Crippen LogP contribution is 2.39. The monoisotopic (exact) mass is 596 g/mol. The van der Waals surface area contributed by atoms with Crippen molar-refractivity contribution in [1.29, 1.82) is 0 Å². The minimum absolute atomic E-state index is 0.0240. The number of amides is 4.